The highest BCUT2D eigenvalue weighted by molar-refractivity contribution is 5.93. The summed E-state index contributed by atoms with van der Waals surface area (Å²) in [5.41, 5.74) is 6.51. The Bertz CT molecular complexity index is 865. The van der Waals surface area contributed by atoms with Crippen LogP contribution in [0.5, 0.6) is 0 Å². The molecule has 3 aromatic rings. The molecule has 5 heteroatoms. The predicted molar refractivity (Wildman–Crippen MR) is 97.5 cm³/mol. The zero-order valence-corrected chi connectivity index (χ0v) is 14.6. The maximum absolute atomic E-state index is 4.85. The number of hydrazine groups is 1. The number of halogens is 1. The molecule has 0 radical (unpaired) electrons. The maximum atomic E-state index is 4.85. The summed E-state index contributed by atoms with van der Waals surface area (Å²) in [6, 6.07) is 28.9. The van der Waals surface area contributed by atoms with Crippen molar-refractivity contribution in [1.82, 2.24) is 0 Å². The molecule has 0 atom stereocenters. The molecule has 4 nitrogen and oxygen atoms in total. The van der Waals surface area contributed by atoms with E-state index in [0.29, 0.717) is 0 Å². The van der Waals surface area contributed by atoms with Crippen LogP contribution in [0, 0.1) is 6.92 Å². The first-order chi connectivity index (χ1) is 11.8. The van der Waals surface area contributed by atoms with Crippen molar-refractivity contribution in [3.63, 3.8) is 0 Å². The van der Waals surface area contributed by atoms with E-state index in [0.717, 1.165) is 22.8 Å². The fourth-order valence-corrected chi connectivity index (χ4v) is 2.79. The second-order valence-corrected chi connectivity index (χ2v) is 5.79. The molecule has 0 saturated carbocycles. The maximum Gasteiger partial charge on any atom is 0.277 e. The molecule has 0 amide bonds. The molecule has 0 spiro atoms. The van der Waals surface area contributed by atoms with Gasteiger partial charge in [0.2, 0.25) is 0 Å². The van der Waals surface area contributed by atoms with E-state index in [-0.39, 0.29) is 12.4 Å². The van der Waals surface area contributed by atoms with Crippen LogP contribution in [0.2, 0.25) is 0 Å². The van der Waals surface area contributed by atoms with E-state index in [4.69, 9.17) is 5.10 Å². The Morgan fingerprint density at radius 3 is 2.08 bits per heavy atom. The van der Waals surface area contributed by atoms with Crippen LogP contribution in [0.1, 0.15) is 11.1 Å². The number of amidine groups is 1. The summed E-state index contributed by atoms with van der Waals surface area (Å²) >= 11 is 0. The molecule has 25 heavy (non-hydrogen) atoms. The van der Waals surface area contributed by atoms with Gasteiger partial charge < -0.3 is 12.4 Å². The van der Waals surface area contributed by atoms with Gasteiger partial charge in [0, 0.05) is 0 Å². The lowest BCUT2D eigenvalue weighted by atomic mass is 10.2. The second-order valence-electron chi connectivity index (χ2n) is 5.79. The highest BCUT2D eigenvalue weighted by atomic mass is 35.5. The van der Waals surface area contributed by atoms with E-state index in [1.807, 2.05) is 41.5 Å². The van der Waals surface area contributed by atoms with Crippen molar-refractivity contribution in [2.75, 3.05) is 10.2 Å². The summed E-state index contributed by atoms with van der Waals surface area (Å²) in [4.78, 5) is 0. The number of hydrogen-bond donors (Lipinski definition) is 1. The number of anilines is 2. The number of rotatable bonds is 3. The first-order valence-electron chi connectivity index (χ1n) is 8.01. The van der Waals surface area contributed by atoms with Gasteiger partial charge in [0.25, 0.3) is 5.84 Å². The van der Waals surface area contributed by atoms with Gasteiger partial charge in [-0.15, -0.1) is 10.2 Å². The van der Waals surface area contributed by atoms with Gasteiger partial charge in [-0.1, -0.05) is 53.6 Å². The lowest BCUT2D eigenvalue weighted by molar-refractivity contribution is -0.545. The van der Waals surface area contributed by atoms with Crippen molar-refractivity contribution < 1.29 is 17.8 Å². The molecule has 0 unspecified atom stereocenters. The molecule has 3 aromatic carbocycles. The zero-order valence-electron chi connectivity index (χ0n) is 13.9. The average Bonchev–Trinajstić information content (AvgIpc) is 3.09. The lowest BCUT2D eigenvalue weighted by Gasteiger charge is -2.23. The molecule has 0 fully saturated rings. The van der Waals surface area contributed by atoms with Crippen LogP contribution >= 0.6 is 0 Å². The molecule has 126 valence electrons. The molecule has 1 aliphatic heterocycles. The first-order valence-corrected chi connectivity index (χ1v) is 8.01. The summed E-state index contributed by atoms with van der Waals surface area (Å²) in [7, 11) is 0. The number of quaternary nitrogens is 1. The topological polar surface area (TPSA) is 35.5 Å². The van der Waals surface area contributed by atoms with E-state index < -0.39 is 0 Å². The molecule has 1 aliphatic rings. The van der Waals surface area contributed by atoms with E-state index in [9.17, 15) is 0 Å². The molecule has 4 rings (SSSR count). The Kier molecular flexibility index (Phi) is 5.03. The Morgan fingerprint density at radius 2 is 1.40 bits per heavy atom. The standard InChI is InChI=1S/C20H18N4.ClH/c1-16-9-8-14-19(15-16)24-22-20(17-10-4-2-5-11-17)21-23(24)18-12-6-3-7-13-18;/h2-15H,1H3,(H,21,22);1H. The van der Waals surface area contributed by atoms with Crippen molar-refractivity contribution in [2.24, 2.45) is 5.10 Å². The molecule has 2 N–H and O–H groups in total. The largest absolute Gasteiger partial charge is 1.00 e. The van der Waals surface area contributed by atoms with Gasteiger partial charge in [-0.2, -0.15) is 5.43 Å². The summed E-state index contributed by atoms with van der Waals surface area (Å²) in [5.74, 6) is 0.945. The minimum absolute atomic E-state index is 0. The molecule has 0 aromatic heterocycles. The van der Waals surface area contributed by atoms with Gasteiger partial charge in [-0.25, -0.2) is 0 Å². The van der Waals surface area contributed by atoms with Crippen LogP contribution in [-0.4, -0.2) is 5.84 Å². The van der Waals surface area contributed by atoms with Gasteiger partial charge in [0.1, 0.15) is 5.69 Å². The number of benzene rings is 3. The van der Waals surface area contributed by atoms with Crippen LogP contribution in [-0.2, 0) is 0 Å². The first kappa shape index (κ1) is 17.0. The number of hydrogen-bond acceptors (Lipinski definition) is 3. The fraction of sp³-hybridized carbons (Fsp3) is 0.0500. The monoisotopic (exact) mass is 350 g/mol. The highest BCUT2D eigenvalue weighted by Gasteiger charge is 2.30. The fourth-order valence-electron chi connectivity index (χ4n) is 2.79. The summed E-state index contributed by atoms with van der Waals surface area (Å²) in [5, 5.41) is 8.88. The molecular weight excluding hydrogens is 332 g/mol. The Labute approximate surface area is 153 Å². The van der Waals surface area contributed by atoms with Crippen LogP contribution in [0.3, 0.4) is 0 Å². The highest BCUT2D eigenvalue weighted by Crippen LogP contribution is 2.23. The molecule has 0 aliphatic carbocycles. The van der Waals surface area contributed by atoms with E-state index >= 15 is 0 Å². The van der Waals surface area contributed by atoms with Crippen LogP contribution in [0.25, 0.3) is 0 Å². The lowest BCUT2D eigenvalue weighted by Crippen LogP contribution is -3.00. The number of nitrogens with zero attached hydrogens (tertiary/aromatic N) is 3. The summed E-state index contributed by atoms with van der Waals surface area (Å²) < 4.78 is 0. The van der Waals surface area contributed by atoms with Crippen LogP contribution in [0.4, 0.5) is 11.4 Å². The van der Waals surface area contributed by atoms with E-state index in [1.54, 1.807) is 0 Å². The van der Waals surface area contributed by atoms with Crippen molar-refractivity contribution in [2.45, 2.75) is 6.92 Å². The number of para-hydroxylation sites is 1. The van der Waals surface area contributed by atoms with E-state index in [1.165, 1.54) is 5.56 Å². The Hall–Kier alpha value is -2.82. The number of hydrazone groups is 1. The molecule has 0 bridgehead atoms. The van der Waals surface area contributed by atoms with Gasteiger partial charge in [0.15, 0.2) is 0 Å². The third-order valence-corrected chi connectivity index (χ3v) is 3.97. The van der Waals surface area contributed by atoms with Crippen molar-refractivity contribution in [1.29, 1.82) is 0 Å². The van der Waals surface area contributed by atoms with Gasteiger partial charge >= 0.3 is 0 Å². The smallest absolute Gasteiger partial charge is 0.277 e. The third-order valence-electron chi connectivity index (χ3n) is 3.97. The normalized spacial score (nSPS) is 13.4. The minimum Gasteiger partial charge on any atom is -1.00 e. The Morgan fingerprint density at radius 1 is 0.760 bits per heavy atom. The number of nitrogens with two attached hydrogens (primary N) is 1. The van der Waals surface area contributed by atoms with Crippen LogP contribution in [0.15, 0.2) is 90.0 Å². The summed E-state index contributed by atoms with van der Waals surface area (Å²) in [6.45, 7) is 2.10. The quantitative estimate of drug-likeness (QED) is 0.679. The molecule has 1 heterocycles. The van der Waals surface area contributed by atoms with Gasteiger partial charge in [0.05, 0.1) is 11.3 Å². The number of aryl methyl sites for hydroxylation is 1. The zero-order chi connectivity index (χ0) is 16.4. The molecular formula is C20H19ClN4. The van der Waals surface area contributed by atoms with Crippen LogP contribution < -0.4 is 28.1 Å². The van der Waals surface area contributed by atoms with Crippen molar-refractivity contribution in [3.8, 4) is 0 Å². The minimum atomic E-state index is 0. The SMILES string of the molecule is Cc1cccc(N2N=C(c3ccccc3)[NH2+]N2c2ccccc2)c1.[Cl-]. The summed E-state index contributed by atoms with van der Waals surface area (Å²) in [6.07, 6.45) is 0. The predicted octanol–water partition coefficient (Wildman–Crippen LogP) is 0.0808. The van der Waals surface area contributed by atoms with E-state index in [2.05, 4.69) is 66.0 Å². The average molecular weight is 351 g/mol. The van der Waals surface area contributed by atoms with Crippen molar-refractivity contribution in [3.05, 3.63) is 96.1 Å². The second kappa shape index (κ2) is 7.38. The molecule has 0 saturated heterocycles. The third kappa shape index (κ3) is 3.50. The van der Waals surface area contributed by atoms with Crippen molar-refractivity contribution >= 4 is 17.2 Å². The Balaban J connectivity index is 0.00000182. The van der Waals surface area contributed by atoms with Gasteiger partial charge in [-0.05, 0) is 48.9 Å². The van der Waals surface area contributed by atoms with Gasteiger partial charge in [-0.3, -0.25) is 0 Å².